The highest BCUT2D eigenvalue weighted by molar-refractivity contribution is 9.10. The molecule has 0 saturated heterocycles. The van der Waals surface area contributed by atoms with Crippen molar-refractivity contribution in [2.75, 3.05) is 20.3 Å². The lowest BCUT2D eigenvalue weighted by Crippen LogP contribution is -2.43. The average Bonchev–Trinajstić information content (AvgIpc) is 2.37. The van der Waals surface area contributed by atoms with Crippen molar-refractivity contribution in [2.24, 2.45) is 10.7 Å². The number of guanidine groups is 1. The Kier molecular flexibility index (Phi) is 5.65. The first-order chi connectivity index (χ1) is 10.1. The van der Waals surface area contributed by atoms with Crippen LogP contribution in [0.5, 0.6) is 0 Å². The highest BCUT2D eigenvalue weighted by Gasteiger charge is 2.38. The predicted molar refractivity (Wildman–Crippen MR) is 90.6 cm³/mol. The summed E-state index contributed by atoms with van der Waals surface area (Å²) in [6, 6.07) is 8.71. The van der Waals surface area contributed by atoms with E-state index in [4.69, 9.17) is 10.5 Å². The Morgan fingerprint density at radius 3 is 2.86 bits per heavy atom. The van der Waals surface area contributed by atoms with Crippen LogP contribution in [0.25, 0.3) is 0 Å². The van der Waals surface area contributed by atoms with Gasteiger partial charge in [-0.1, -0.05) is 34.5 Å². The second kappa shape index (κ2) is 7.27. The Balaban J connectivity index is 2.02. The minimum atomic E-state index is 0.153. The van der Waals surface area contributed by atoms with Crippen LogP contribution in [-0.2, 0) is 10.2 Å². The molecule has 0 aromatic heterocycles. The van der Waals surface area contributed by atoms with Gasteiger partial charge in [-0.3, -0.25) is 4.99 Å². The minimum absolute atomic E-state index is 0.153. The van der Waals surface area contributed by atoms with Crippen molar-refractivity contribution in [3.63, 3.8) is 0 Å². The van der Waals surface area contributed by atoms with Gasteiger partial charge in [-0.2, -0.15) is 0 Å². The van der Waals surface area contributed by atoms with Crippen molar-refractivity contribution in [1.29, 1.82) is 0 Å². The number of nitrogens with two attached hydrogens (primary N) is 1. The van der Waals surface area contributed by atoms with Crippen molar-refractivity contribution in [3.8, 4) is 0 Å². The number of benzene rings is 1. The normalized spacial score (nSPS) is 18.9. The third kappa shape index (κ3) is 4.20. The highest BCUT2D eigenvalue weighted by Crippen LogP contribution is 2.44. The topological polar surface area (TPSA) is 59.6 Å². The Morgan fingerprint density at radius 1 is 1.52 bits per heavy atom. The quantitative estimate of drug-likeness (QED) is 0.610. The number of methoxy groups -OCH3 is 1. The number of aliphatic imine (C=N–C) groups is 1. The number of rotatable bonds is 6. The number of nitrogens with one attached hydrogen (secondary N) is 1. The third-order valence-corrected chi connectivity index (χ3v) is 4.60. The molecule has 0 spiro atoms. The van der Waals surface area contributed by atoms with Crippen LogP contribution in [0.1, 0.15) is 31.7 Å². The molecule has 0 radical (unpaired) electrons. The van der Waals surface area contributed by atoms with E-state index in [-0.39, 0.29) is 11.5 Å². The number of nitrogens with zero attached hydrogens (tertiary/aromatic N) is 1. The Hall–Kier alpha value is -1.07. The fraction of sp³-hybridized carbons (Fsp3) is 0.562. The zero-order valence-electron chi connectivity index (χ0n) is 12.7. The molecule has 4 nitrogen and oxygen atoms in total. The number of hydrogen-bond donors (Lipinski definition) is 2. The number of ether oxygens (including phenoxy) is 1. The van der Waals surface area contributed by atoms with Gasteiger partial charge in [0.15, 0.2) is 5.96 Å². The Labute approximate surface area is 135 Å². The van der Waals surface area contributed by atoms with E-state index in [1.165, 1.54) is 24.8 Å². The summed E-state index contributed by atoms with van der Waals surface area (Å²) in [5.41, 5.74) is 7.48. The van der Waals surface area contributed by atoms with E-state index < -0.39 is 0 Å². The van der Waals surface area contributed by atoms with Crippen molar-refractivity contribution >= 4 is 21.9 Å². The average molecular weight is 354 g/mol. The Morgan fingerprint density at radius 2 is 2.29 bits per heavy atom. The molecule has 1 aliphatic carbocycles. The van der Waals surface area contributed by atoms with E-state index in [2.05, 4.69) is 50.5 Å². The molecule has 0 amide bonds. The second-order valence-corrected chi connectivity index (χ2v) is 6.76. The molecule has 0 aliphatic heterocycles. The lowest BCUT2D eigenvalue weighted by atomic mass is 9.64. The molecular formula is C16H24BrN3O. The summed E-state index contributed by atoms with van der Waals surface area (Å²) in [4.78, 5) is 4.56. The predicted octanol–water partition coefficient (Wildman–Crippen LogP) is 2.81. The fourth-order valence-electron chi connectivity index (χ4n) is 2.79. The maximum Gasteiger partial charge on any atom is 0.188 e. The molecule has 1 saturated carbocycles. The van der Waals surface area contributed by atoms with Gasteiger partial charge in [0.05, 0.1) is 13.2 Å². The van der Waals surface area contributed by atoms with Crippen molar-refractivity contribution in [1.82, 2.24) is 5.32 Å². The van der Waals surface area contributed by atoms with Crippen LogP contribution in [0.4, 0.5) is 0 Å². The summed E-state index contributed by atoms with van der Waals surface area (Å²) < 4.78 is 6.21. The van der Waals surface area contributed by atoms with Gasteiger partial charge in [-0.25, -0.2) is 0 Å². The number of halogens is 1. The fourth-order valence-corrected chi connectivity index (χ4v) is 3.19. The van der Waals surface area contributed by atoms with E-state index in [1.807, 2.05) is 6.92 Å². The van der Waals surface area contributed by atoms with Gasteiger partial charge >= 0.3 is 0 Å². The first kappa shape index (κ1) is 16.3. The summed E-state index contributed by atoms with van der Waals surface area (Å²) in [6.07, 6.45) is 3.61. The Bertz CT molecular complexity index is 500. The van der Waals surface area contributed by atoms with Gasteiger partial charge in [-0.05, 0) is 37.5 Å². The van der Waals surface area contributed by atoms with Crippen LogP contribution >= 0.6 is 15.9 Å². The first-order valence-electron chi connectivity index (χ1n) is 7.37. The van der Waals surface area contributed by atoms with Crippen molar-refractivity contribution in [2.45, 2.75) is 37.6 Å². The van der Waals surface area contributed by atoms with Crippen LogP contribution in [0.3, 0.4) is 0 Å². The standard InChI is InChI=1S/C16H24BrN3O/c1-12(10-21-2)20-15(18)19-11-16(7-4-8-16)13-5-3-6-14(17)9-13/h3,5-6,9,12H,4,7-8,10-11H2,1-2H3,(H3,18,19,20). The lowest BCUT2D eigenvalue weighted by molar-refractivity contribution is 0.179. The zero-order chi connectivity index (χ0) is 15.3. The van der Waals surface area contributed by atoms with Gasteiger partial charge < -0.3 is 15.8 Å². The van der Waals surface area contributed by atoms with E-state index in [1.54, 1.807) is 7.11 Å². The molecule has 0 bridgehead atoms. The summed E-state index contributed by atoms with van der Waals surface area (Å²) in [6.45, 7) is 3.38. The smallest absolute Gasteiger partial charge is 0.188 e. The highest BCUT2D eigenvalue weighted by atomic mass is 79.9. The van der Waals surface area contributed by atoms with Crippen LogP contribution < -0.4 is 11.1 Å². The van der Waals surface area contributed by atoms with E-state index >= 15 is 0 Å². The van der Waals surface area contributed by atoms with Crippen molar-refractivity contribution in [3.05, 3.63) is 34.3 Å². The molecule has 116 valence electrons. The summed E-state index contributed by atoms with van der Waals surface area (Å²) in [7, 11) is 1.68. The van der Waals surface area contributed by atoms with Crippen LogP contribution in [0.2, 0.25) is 0 Å². The third-order valence-electron chi connectivity index (χ3n) is 4.11. The second-order valence-electron chi connectivity index (χ2n) is 5.85. The molecule has 1 atom stereocenters. The molecule has 1 fully saturated rings. The largest absolute Gasteiger partial charge is 0.383 e. The maximum absolute atomic E-state index is 5.97. The van der Waals surface area contributed by atoms with E-state index in [0.717, 1.165) is 11.0 Å². The molecule has 1 aromatic carbocycles. The van der Waals surface area contributed by atoms with Crippen LogP contribution in [0, 0.1) is 0 Å². The van der Waals surface area contributed by atoms with Gasteiger partial charge in [0.25, 0.3) is 0 Å². The molecule has 2 rings (SSSR count). The summed E-state index contributed by atoms with van der Waals surface area (Å²) in [5.74, 6) is 0.501. The SMILES string of the molecule is COCC(C)NC(N)=NCC1(c2cccc(Br)c2)CCC1. The molecular weight excluding hydrogens is 330 g/mol. The van der Waals surface area contributed by atoms with Crippen molar-refractivity contribution < 1.29 is 4.74 Å². The van der Waals surface area contributed by atoms with Gasteiger partial charge in [0, 0.05) is 23.0 Å². The maximum atomic E-state index is 5.97. The number of hydrogen-bond acceptors (Lipinski definition) is 2. The van der Waals surface area contributed by atoms with Crippen LogP contribution in [0.15, 0.2) is 33.7 Å². The molecule has 5 heteroatoms. The van der Waals surface area contributed by atoms with Gasteiger partial charge in [0.1, 0.15) is 0 Å². The lowest BCUT2D eigenvalue weighted by Gasteiger charge is -2.41. The van der Waals surface area contributed by atoms with Gasteiger partial charge in [0.2, 0.25) is 0 Å². The van der Waals surface area contributed by atoms with E-state index in [0.29, 0.717) is 12.6 Å². The first-order valence-corrected chi connectivity index (χ1v) is 8.16. The molecule has 1 aromatic rings. The van der Waals surface area contributed by atoms with Gasteiger partial charge in [-0.15, -0.1) is 0 Å². The monoisotopic (exact) mass is 353 g/mol. The minimum Gasteiger partial charge on any atom is -0.383 e. The molecule has 1 aliphatic rings. The zero-order valence-corrected chi connectivity index (χ0v) is 14.3. The molecule has 1 unspecified atom stereocenters. The van der Waals surface area contributed by atoms with E-state index in [9.17, 15) is 0 Å². The summed E-state index contributed by atoms with van der Waals surface area (Å²) in [5, 5.41) is 3.16. The van der Waals surface area contributed by atoms with Crippen LogP contribution in [-0.4, -0.2) is 32.3 Å². The molecule has 21 heavy (non-hydrogen) atoms. The molecule has 3 N–H and O–H groups in total. The molecule has 0 heterocycles. The summed E-state index contributed by atoms with van der Waals surface area (Å²) >= 11 is 3.55.